The van der Waals surface area contributed by atoms with Crippen LogP contribution in [0.5, 0.6) is 0 Å². The molecule has 0 fully saturated rings. The van der Waals surface area contributed by atoms with Crippen molar-refractivity contribution in [3.05, 3.63) is 64.3 Å². The third-order valence-corrected chi connectivity index (χ3v) is 6.82. The minimum Gasteiger partial charge on any atom is -0.293 e. The zero-order valence-electron chi connectivity index (χ0n) is 16.0. The lowest BCUT2D eigenvalue weighted by Gasteiger charge is -2.27. The molecule has 0 atom stereocenters. The second-order valence-corrected chi connectivity index (χ2v) is 10.3. The van der Waals surface area contributed by atoms with Gasteiger partial charge in [-0.25, -0.2) is 18.4 Å². The molecule has 1 aromatic carbocycles. The van der Waals surface area contributed by atoms with Crippen LogP contribution in [0.25, 0.3) is 10.4 Å². The average Bonchev–Trinajstić information content (AvgIpc) is 3.15. The van der Waals surface area contributed by atoms with Gasteiger partial charge in [0.15, 0.2) is 0 Å². The Hall–Kier alpha value is -2.30. The molecule has 0 spiro atoms. The number of rotatable bonds is 4. The molecule has 3 aromatic rings. The van der Waals surface area contributed by atoms with E-state index < -0.39 is 21.6 Å². The summed E-state index contributed by atoms with van der Waals surface area (Å²) >= 11 is 1.47. The molecule has 0 saturated heterocycles. The van der Waals surface area contributed by atoms with Gasteiger partial charge in [0, 0.05) is 53.8 Å². The Labute approximate surface area is 176 Å². The molecule has 0 bridgehead atoms. The molecule has 0 amide bonds. The fraction of sp³-hybridized carbons (Fsp3) is 0.300. The van der Waals surface area contributed by atoms with Gasteiger partial charge in [-0.1, -0.05) is 12.1 Å². The first-order valence-corrected chi connectivity index (χ1v) is 11.8. The molecule has 0 radical (unpaired) electrons. The van der Waals surface area contributed by atoms with Crippen LogP contribution in [0.3, 0.4) is 0 Å². The molecule has 0 aliphatic carbocycles. The second kappa shape index (κ2) is 7.75. The smallest absolute Gasteiger partial charge is 0.293 e. The maximum Gasteiger partial charge on any atom is 0.416 e. The number of hydrogen-bond acceptors (Lipinski definition) is 6. The zero-order valence-corrected chi connectivity index (χ0v) is 17.6. The van der Waals surface area contributed by atoms with Gasteiger partial charge in [-0.2, -0.15) is 13.2 Å². The van der Waals surface area contributed by atoms with E-state index in [1.165, 1.54) is 23.5 Å². The van der Waals surface area contributed by atoms with E-state index in [2.05, 4.69) is 14.9 Å². The van der Waals surface area contributed by atoms with Crippen molar-refractivity contribution in [1.82, 2.24) is 14.9 Å². The number of aromatic nitrogens is 2. The predicted molar refractivity (Wildman–Crippen MR) is 108 cm³/mol. The van der Waals surface area contributed by atoms with Crippen LogP contribution in [-0.4, -0.2) is 36.1 Å². The molecule has 1 aliphatic heterocycles. The monoisotopic (exact) mass is 453 g/mol. The molecule has 2 aromatic heterocycles. The largest absolute Gasteiger partial charge is 0.416 e. The van der Waals surface area contributed by atoms with Crippen LogP contribution in [0.4, 0.5) is 13.2 Å². The summed E-state index contributed by atoms with van der Waals surface area (Å²) in [6.45, 7) is 1.96. The van der Waals surface area contributed by atoms with Crippen molar-refractivity contribution in [2.45, 2.75) is 30.8 Å². The Morgan fingerprint density at radius 3 is 2.73 bits per heavy atom. The first kappa shape index (κ1) is 21.0. The SMILES string of the molecule is CS(=O)(=O)c1ncc2c(n1)CCN(Cc1ccc(-c3cccc(C(F)(F)F)c3)s1)C2. The summed E-state index contributed by atoms with van der Waals surface area (Å²) < 4.78 is 62.1. The molecular formula is C20H18F3N3O2S2. The van der Waals surface area contributed by atoms with Crippen LogP contribution >= 0.6 is 11.3 Å². The summed E-state index contributed by atoms with van der Waals surface area (Å²) in [5.41, 5.74) is 1.53. The van der Waals surface area contributed by atoms with Crippen LogP contribution < -0.4 is 0 Å². The van der Waals surface area contributed by atoms with Crippen molar-refractivity contribution in [2.24, 2.45) is 0 Å². The highest BCUT2D eigenvalue weighted by Crippen LogP contribution is 2.35. The fourth-order valence-electron chi connectivity index (χ4n) is 3.36. The Kier molecular flexibility index (Phi) is 5.41. The quantitative estimate of drug-likeness (QED) is 0.555. The summed E-state index contributed by atoms with van der Waals surface area (Å²) in [5.74, 6) is 0. The Morgan fingerprint density at radius 2 is 2.00 bits per heavy atom. The van der Waals surface area contributed by atoms with Gasteiger partial charge in [0.25, 0.3) is 0 Å². The highest BCUT2D eigenvalue weighted by atomic mass is 32.2. The normalized spacial score (nSPS) is 15.2. The number of hydrogen-bond donors (Lipinski definition) is 0. The van der Waals surface area contributed by atoms with E-state index in [9.17, 15) is 21.6 Å². The summed E-state index contributed by atoms with van der Waals surface area (Å²) in [4.78, 5) is 12.2. The van der Waals surface area contributed by atoms with E-state index >= 15 is 0 Å². The molecule has 5 nitrogen and oxygen atoms in total. The van der Waals surface area contributed by atoms with E-state index in [-0.39, 0.29) is 5.16 Å². The van der Waals surface area contributed by atoms with Crippen LogP contribution in [0, 0.1) is 0 Å². The third-order valence-electron chi connectivity index (χ3n) is 4.84. The molecular weight excluding hydrogens is 435 g/mol. The molecule has 0 N–H and O–H groups in total. The Balaban J connectivity index is 1.48. The number of thiophene rings is 1. The molecule has 0 saturated carbocycles. The topological polar surface area (TPSA) is 63.2 Å². The summed E-state index contributed by atoms with van der Waals surface area (Å²) in [6, 6.07) is 9.11. The first-order chi connectivity index (χ1) is 14.1. The summed E-state index contributed by atoms with van der Waals surface area (Å²) in [7, 11) is -3.44. The lowest BCUT2D eigenvalue weighted by atomic mass is 10.1. The summed E-state index contributed by atoms with van der Waals surface area (Å²) in [6.07, 6.45) is -1.10. The average molecular weight is 454 g/mol. The van der Waals surface area contributed by atoms with Crippen molar-refractivity contribution in [3.8, 4) is 10.4 Å². The van der Waals surface area contributed by atoms with Crippen molar-refractivity contribution < 1.29 is 21.6 Å². The van der Waals surface area contributed by atoms with Gasteiger partial charge in [-0.05, 0) is 29.8 Å². The number of fused-ring (bicyclic) bond motifs is 1. The number of halogens is 3. The van der Waals surface area contributed by atoms with Crippen molar-refractivity contribution in [1.29, 1.82) is 0 Å². The zero-order chi connectivity index (χ0) is 21.5. The van der Waals surface area contributed by atoms with Gasteiger partial charge in [0.2, 0.25) is 15.0 Å². The maximum absolute atomic E-state index is 13.0. The molecule has 3 heterocycles. The van der Waals surface area contributed by atoms with E-state index in [0.29, 0.717) is 31.6 Å². The van der Waals surface area contributed by atoms with E-state index in [1.807, 2.05) is 12.1 Å². The number of alkyl halides is 3. The van der Waals surface area contributed by atoms with Crippen LogP contribution in [0.2, 0.25) is 0 Å². The van der Waals surface area contributed by atoms with E-state index in [1.54, 1.807) is 12.3 Å². The van der Waals surface area contributed by atoms with Crippen LogP contribution in [0.15, 0.2) is 47.8 Å². The van der Waals surface area contributed by atoms with Crippen molar-refractivity contribution in [2.75, 3.05) is 12.8 Å². The van der Waals surface area contributed by atoms with Crippen LogP contribution in [-0.2, 0) is 35.5 Å². The molecule has 4 rings (SSSR count). The lowest BCUT2D eigenvalue weighted by Crippen LogP contribution is -2.31. The standard InChI is InChI=1S/C20H18F3N3O2S2/c1-30(27,28)19-24-10-14-11-26(8-7-17(14)25-19)12-16-5-6-18(29-16)13-3-2-4-15(9-13)20(21,22)23/h2-6,9-10H,7-8,11-12H2,1H3. The van der Waals surface area contributed by atoms with Gasteiger partial charge < -0.3 is 0 Å². The fourth-order valence-corrected chi connectivity index (χ4v) is 4.92. The molecule has 158 valence electrons. The van der Waals surface area contributed by atoms with Gasteiger partial charge in [-0.3, -0.25) is 4.90 Å². The second-order valence-electron chi connectivity index (χ2n) is 7.20. The number of benzene rings is 1. The van der Waals surface area contributed by atoms with E-state index in [0.717, 1.165) is 33.3 Å². The minimum atomic E-state index is -4.36. The third kappa shape index (κ3) is 4.55. The maximum atomic E-state index is 13.0. The van der Waals surface area contributed by atoms with E-state index in [4.69, 9.17) is 0 Å². The van der Waals surface area contributed by atoms with Gasteiger partial charge in [0.05, 0.1) is 11.3 Å². The molecule has 1 aliphatic rings. The Morgan fingerprint density at radius 1 is 1.20 bits per heavy atom. The number of nitrogens with zero attached hydrogens (tertiary/aromatic N) is 3. The number of sulfone groups is 1. The van der Waals surface area contributed by atoms with Gasteiger partial charge in [0.1, 0.15) is 0 Å². The Bertz CT molecular complexity index is 1190. The van der Waals surface area contributed by atoms with Crippen LogP contribution in [0.1, 0.15) is 21.7 Å². The molecule has 30 heavy (non-hydrogen) atoms. The summed E-state index contributed by atoms with van der Waals surface area (Å²) in [5, 5.41) is -0.154. The molecule has 10 heteroatoms. The molecule has 0 unspecified atom stereocenters. The highest BCUT2D eigenvalue weighted by molar-refractivity contribution is 7.90. The van der Waals surface area contributed by atoms with Crippen molar-refractivity contribution >= 4 is 21.2 Å². The van der Waals surface area contributed by atoms with Gasteiger partial charge >= 0.3 is 6.18 Å². The van der Waals surface area contributed by atoms with Gasteiger partial charge in [-0.15, -0.1) is 11.3 Å². The highest BCUT2D eigenvalue weighted by Gasteiger charge is 2.30. The first-order valence-electron chi connectivity index (χ1n) is 9.13. The lowest BCUT2D eigenvalue weighted by molar-refractivity contribution is -0.137. The predicted octanol–water partition coefficient (Wildman–Crippen LogP) is 4.19. The minimum absolute atomic E-state index is 0.154. The van der Waals surface area contributed by atoms with Crippen molar-refractivity contribution in [3.63, 3.8) is 0 Å².